The van der Waals surface area contributed by atoms with E-state index in [1.807, 2.05) is 45.2 Å². The minimum Gasteiger partial charge on any atom is -0.336 e. The number of amides is 1. The van der Waals surface area contributed by atoms with Gasteiger partial charge in [0.15, 0.2) is 0 Å². The molecule has 0 N–H and O–H groups in total. The highest BCUT2D eigenvalue weighted by Gasteiger charge is 2.26. The molecule has 0 radical (unpaired) electrons. The molecule has 88 valence electrons. The summed E-state index contributed by atoms with van der Waals surface area (Å²) in [6.07, 6.45) is 0. The van der Waals surface area contributed by atoms with E-state index in [1.165, 1.54) is 0 Å². The summed E-state index contributed by atoms with van der Waals surface area (Å²) in [4.78, 5) is 13.9. The second-order valence-corrected chi connectivity index (χ2v) is 5.79. The molecule has 1 aromatic rings. The van der Waals surface area contributed by atoms with Crippen molar-refractivity contribution in [3.05, 3.63) is 34.3 Å². The summed E-state index contributed by atoms with van der Waals surface area (Å²) in [5.41, 5.74) is 0.518. The molecule has 0 atom stereocenters. The zero-order valence-electron chi connectivity index (χ0n) is 9.63. The van der Waals surface area contributed by atoms with Crippen LogP contribution in [-0.2, 0) is 0 Å². The summed E-state index contributed by atoms with van der Waals surface area (Å²) in [5, 5.41) is 0.749. The van der Waals surface area contributed by atoms with Crippen LogP contribution in [0.5, 0.6) is 0 Å². The summed E-state index contributed by atoms with van der Waals surface area (Å²) in [5.74, 6) is 0.0388. The number of rotatable bonds is 3. The summed E-state index contributed by atoms with van der Waals surface area (Å²) in [6, 6.07) is 7.41. The molecule has 0 fully saturated rings. The lowest BCUT2D eigenvalue weighted by atomic mass is 10.1. The number of alkyl halides is 1. The topological polar surface area (TPSA) is 20.3 Å². The van der Waals surface area contributed by atoms with Gasteiger partial charge in [-0.25, -0.2) is 0 Å². The zero-order valence-corrected chi connectivity index (χ0v) is 12.8. The van der Waals surface area contributed by atoms with Gasteiger partial charge >= 0.3 is 0 Å². The maximum absolute atomic E-state index is 12.2. The first-order chi connectivity index (χ1) is 7.38. The third kappa shape index (κ3) is 3.08. The number of hydrogen-bond donors (Lipinski definition) is 0. The largest absolute Gasteiger partial charge is 0.336 e. The lowest BCUT2D eigenvalue weighted by Gasteiger charge is -2.34. The molecule has 0 bridgehead atoms. The number of benzene rings is 1. The molecule has 0 heterocycles. The van der Waals surface area contributed by atoms with Crippen LogP contribution in [0.15, 0.2) is 28.7 Å². The van der Waals surface area contributed by atoms with Gasteiger partial charge in [0.1, 0.15) is 0 Å². The fourth-order valence-corrected chi connectivity index (χ4v) is 1.79. The van der Waals surface area contributed by atoms with Crippen molar-refractivity contribution in [2.45, 2.75) is 19.4 Å². The third-order valence-corrected chi connectivity index (χ3v) is 4.53. The van der Waals surface area contributed by atoms with Gasteiger partial charge in [-0.3, -0.25) is 4.79 Å². The number of carbonyl (C=O) groups excluding carboxylic acids is 1. The Kier molecular flexibility index (Phi) is 4.56. The van der Waals surface area contributed by atoms with Crippen LogP contribution in [0.4, 0.5) is 0 Å². The van der Waals surface area contributed by atoms with Crippen LogP contribution >= 0.6 is 31.9 Å². The number of halogens is 2. The van der Waals surface area contributed by atoms with E-state index in [0.29, 0.717) is 5.56 Å². The average molecular weight is 349 g/mol. The quantitative estimate of drug-likeness (QED) is 0.763. The molecule has 0 aromatic heterocycles. The van der Waals surface area contributed by atoms with E-state index in [-0.39, 0.29) is 11.4 Å². The van der Waals surface area contributed by atoms with Gasteiger partial charge in [-0.1, -0.05) is 31.9 Å². The maximum Gasteiger partial charge on any atom is 0.254 e. The highest BCUT2D eigenvalue weighted by atomic mass is 79.9. The summed E-state index contributed by atoms with van der Waals surface area (Å²) in [7, 11) is 1.83. The van der Waals surface area contributed by atoms with Gasteiger partial charge in [0.2, 0.25) is 0 Å². The van der Waals surface area contributed by atoms with Gasteiger partial charge in [-0.05, 0) is 38.1 Å². The van der Waals surface area contributed by atoms with E-state index in [2.05, 4.69) is 31.9 Å². The lowest BCUT2D eigenvalue weighted by Crippen LogP contribution is -2.46. The molecule has 0 saturated heterocycles. The van der Waals surface area contributed by atoms with Crippen LogP contribution < -0.4 is 0 Å². The molecule has 0 aliphatic heterocycles. The minimum absolute atomic E-state index is 0.0388. The highest BCUT2D eigenvalue weighted by molar-refractivity contribution is 9.10. The molecule has 1 amide bonds. The van der Waals surface area contributed by atoms with Gasteiger partial charge in [0, 0.05) is 28.0 Å². The van der Waals surface area contributed by atoms with Crippen molar-refractivity contribution >= 4 is 37.8 Å². The normalized spacial score (nSPS) is 11.3. The van der Waals surface area contributed by atoms with Crippen LogP contribution in [0.2, 0.25) is 0 Å². The fourth-order valence-electron chi connectivity index (χ4n) is 1.15. The second-order valence-electron chi connectivity index (χ2n) is 4.32. The van der Waals surface area contributed by atoms with Gasteiger partial charge in [-0.15, -0.1) is 0 Å². The summed E-state index contributed by atoms with van der Waals surface area (Å²) < 4.78 is 0.978. The van der Waals surface area contributed by atoms with Crippen molar-refractivity contribution in [2.24, 2.45) is 0 Å². The van der Waals surface area contributed by atoms with Crippen molar-refractivity contribution in [3.8, 4) is 0 Å². The molecular weight excluding hydrogens is 334 g/mol. The maximum atomic E-state index is 12.2. The fraction of sp³-hybridized carbons (Fsp3) is 0.417. The van der Waals surface area contributed by atoms with E-state index >= 15 is 0 Å². The first-order valence-electron chi connectivity index (χ1n) is 4.98. The first kappa shape index (κ1) is 13.7. The molecule has 0 unspecified atom stereocenters. The lowest BCUT2D eigenvalue weighted by molar-refractivity contribution is 0.0663. The van der Waals surface area contributed by atoms with E-state index in [9.17, 15) is 4.79 Å². The molecule has 1 rings (SSSR count). The Morgan fingerprint density at radius 3 is 2.25 bits per heavy atom. The van der Waals surface area contributed by atoms with Crippen LogP contribution in [0.25, 0.3) is 0 Å². The molecule has 0 aliphatic rings. The molecule has 16 heavy (non-hydrogen) atoms. The Bertz CT molecular complexity index is 373. The predicted octanol–water partition coefficient (Wildman–Crippen LogP) is 3.69. The Morgan fingerprint density at radius 1 is 1.31 bits per heavy atom. The minimum atomic E-state index is -0.190. The molecule has 0 saturated carbocycles. The number of hydrogen-bond acceptors (Lipinski definition) is 1. The smallest absolute Gasteiger partial charge is 0.254 e. The van der Waals surface area contributed by atoms with Crippen molar-refractivity contribution in [1.82, 2.24) is 4.90 Å². The first-order valence-corrected chi connectivity index (χ1v) is 6.89. The summed E-state index contributed by atoms with van der Waals surface area (Å²) >= 11 is 6.77. The molecule has 0 spiro atoms. The van der Waals surface area contributed by atoms with Gasteiger partial charge in [0.25, 0.3) is 5.91 Å². The van der Waals surface area contributed by atoms with Crippen molar-refractivity contribution in [1.29, 1.82) is 0 Å². The van der Waals surface area contributed by atoms with Gasteiger partial charge in [0.05, 0.1) is 0 Å². The molecule has 0 aliphatic carbocycles. The average Bonchev–Trinajstić information content (AvgIpc) is 2.28. The van der Waals surface area contributed by atoms with Gasteiger partial charge in [-0.2, -0.15) is 0 Å². The van der Waals surface area contributed by atoms with E-state index in [0.717, 1.165) is 9.80 Å². The van der Waals surface area contributed by atoms with Crippen LogP contribution in [0, 0.1) is 0 Å². The van der Waals surface area contributed by atoms with E-state index in [1.54, 1.807) is 4.90 Å². The van der Waals surface area contributed by atoms with Crippen molar-refractivity contribution in [3.63, 3.8) is 0 Å². The monoisotopic (exact) mass is 347 g/mol. The third-order valence-electron chi connectivity index (χ3n) is 2.63. The van der Waals surface area contributed by atoms with Gasteiger partial charge < -0.3 is 4.90 Å². The Hall–Kier alpha value is -0.350. The molecule has 2 nitrogen and oxygen atoms in total. The van der Waals surface area contributed by atoms with E-state index < -0.39 is 0 Å². The van der Waals surface area contributed by atoms with Crippen molar-refractivity contribution in [2.75, 3.05) is 12.4 Å². The predicted molar refractivity (Wildman–Crippen MR) is 74.1 cm³/mol. The number of nitrogens with zero attached hydrogens (tertiary/aromatic N) is 1. The second kappa shape index (κ2) is 5.32. The van der Waals surface area contributed by atoms with Crippen LogP contribution in [0.1, 0.15) is 24.2 Å². The SMILES string of the molecule is CN(C(=O)c1ccc(Br)cc1)C(C)(C)CBr. The van der Waals surface area contributed by atoms with Crippen molar-refractivity contribution < 1.29 is 4.79 Å². The van der Waals surface area contributed by atoms with Crippen LogP contribution in [-0.4, -0.2) is 28.7 Å². The Morgan fingerprint density at radius 2 is 1.81 bits per heavy atom. The van der Waals surface area contributed by atoms with Crippen LogP contribution in [0.3, 0.4) is 0 Å². The van der Waals surface area contributed by atoms with E-state index in [4.69, 9.17) is 0 Å². The standard InChI is InChI=1S/C12H15Br2NO/c1-12(2,8-13)15(3)11(16)9-4-6-10(14)7-5-9/h4-7H,8H2,1-3H3. The summed E-state index contributed by atoms with van der Waals surface area (Å²) in [6.45, 7) is 4.05. The molecule has 1 aromatic carbocycles. The Labute approximate surface area is 113 Å². The number of carbonyl (C=O) groups is 1. The highest BCUT2D eigenvalue weighted by Crippen LogP contribution is 2.19. The Balaban J connectivity index is 2.90. The zero-order chi connectivity index (χ0) is 12.3. The molecule has 4 heteroatoms. The molecular formula is C12H15Br2NO.